The second-order valence-electron chi connectivity index (χ2n) is 19.3. The van der Waals surface area contributed by atoms with Crippen LogP contribution in [0.5, 0.6) is 0 Å². The van der Waals surface area contributed by atoms with Crippen LogP contribution in [0.2, 0.25) is 0 Å². The third-order valence-corrected chi connectivity index (χ3v) is 13.1. The van der Waals surface area contributed by atoms with E-state index in [2.05, 4.69) is 31.3 Å². The Morgan fingerprint density at radius 1 is 0.545 bits per heavy atom. The highest BCUT2D eigenvalue weighted by atomic mass is 16.7. The van der Waals surface area contributed by atoms with Gasteiger partial charge in [0.25, 0.3) is 0 Å². The lowest BCUT2D eigenvalue weighted by molar-refractivity contribution is -0.302. The lowest BCUT2D eigenvalue weighted by Gasteiger charge is -2.40. The third-order valence-electron chi connectivity index (χ3n) is 13.1. The number of hydrogen-bond acceptors (Lipinski definition) is 10. The quantitative estimate of drug-likeness (QED) is 0.0196. The van der Waals surface area contributed by atoms with Crippen LogP contribution in [0.4, 0.5) is 0 Å². The Morgan fingerprint density at radius 3 is 1.45 bits per heavy atom. The zero-order valence-electron chi connectivity index (χ0n) is 42.4. The van der Waals surface area contributed by atoms with Crippen LogP contribution in [0.1, 0.15) is 251 Å². The zero-order chi connectivity index (χ0) is 48.1. The van der Waals surface area contributed by atoms with Crippen LogP contribution in [-0.4, -0.2) is 100 Å². The van der Waals surface area contributed by atoms with E-state index in [0.717, 1.165) is 83.5 Å². The molecule has 388 valence electrons. The zero-order valence-corrected chi connectivity index (χ0v) is 42.4. The minimum atomic E-state index is -1.57. The summed E-state index contributed by atoms with van der Waals surface area (Å²) in [6.45, 7) is 4.28. The average Bonchev–Trinajstić information content (AvgIpc) is 3.31. The van der Waals surface area contributed by atoms with E-state index in [9.17, 15) is 35.1 Å². The lowest BCUT2D eigenvalue weighted by atomic mass is 9.99. The Hall–Kier alpha value is -1.86. The molecule has 0 aliphatic carbocycles. The number of carbonyl (C=O) groups is 2. The van der Waals surface area contributed by atoms with Crippen molar-refractivity contribution in [1.29, 1.82) is 0 Å². The number of hydrogen-bond donors (Lipinski definition) is 6. The summed E-state index contributed by atoms with van der Waals surface area (Å²) in [4.78, 5) is 25.0. The fourth-order valence-electron chi connectivity index (χ4n) is 8.60. The number of esters is 1. The van der Waals surface area contributed by atoms with Gasteiger partial charge in [0.05, 0.1) is 32.0 Å². The normalized spacial score (nSPS) is 19.8. The first-order valence-electron chi connectivity index (χ1n) is 27.6. The number of carbonyl (C=O) groups excluding carboxylic acids is 2. The van der Waals surface area contributed by atoms with Crippen molar-refractivity contribution in [2.24, 2.45) is 0 Å². The number of aliphatic hydroxyl groups excluding tert-OH is 5. The predicted octanol–water partition coefficient (Wildman–Crippen LogP) is 11.8. The summed E-state index contributed by atoms with van der Waals surface area (Å²) in [5.74, 6) is -0.215. The molecule has 0 aromatic heterocycles. The molecule has 11 nitrogen and oxygen atoms in total. The summed E-state index contributed by atoms with van der Waals surface area (Å²) >= 11 is 0. The highest BCUT2D eigenvalue weighted by molar-refractivity contribution is 5.76. The third kappa shape index (κ3) is 35.3. The van der Waals surface area contributed by atoms with E-state index in [0.29, 0.717) is 19.4 Å². The summed E-state index contributed by atoms with van der Waals surface area (Å²) in [6, 6.07) is -0.817. The minimum Gasteiger partial charge on any atom is -0.466 e. The van der Waals surface area contributed by atoms with Crippen molar-refractivity contribution in [1.82, 2.24) is 5.32 Å². The van der Waals surface area contributed by atoms with Crippen molar-refractivity contribution in [3.63, 3.8) is 0 Å². The van der Waals surface area contributed by atoms with E-state index < -0.39 is 49.5 Å². The molecule has 6 N–H and O–H groups in total. The first-order valence-corrected chi connectivity index (χ1v) is 27.6. The smallest absolute Gasteiger partial charge is 0.305 e. The lowest BCUT2D eigenvalue weighted by Crippen LogP contribution is -2.60. The van der Waals surface area contributed by atoms with Crippen molar-refractivity contribution >= 4 is 11.9 Å². The van der Waals surface area contributed by atoms with Crippen LogP contribution in [0, 0.1) is 0 Å². The van der Waals surface area contributed by atoms with Gasteiger partial charge in [0.1, 0.15) is 24.4 Å². The van der Waals surface area contributed by atoms with Gasteiger partial charge in [-0.15, -0.1) is 0 Å². The number of unbranched alkanes of at least 4 members (excludes halogenated alkanes) is 31. The maximum Gasteiger partial charge on any atom is 0.305 e. The molecule has 1 aliphatic rings. The van der Waals surface area contributed by atoms with Gasteiger partial charge in [-0.05, 0) is 57.8 Å². The van der Waals surface area contributed by atoms with E-state index in [1.807, 2.05) is 6.08 Å². The van der Waals surface area contributed by atoms with Gasteiger partial charge >= 0.3 is 5.97 Å². The second-order valence-corrected chi connectivity index (χ2v) is 19.3. The molecule has 1 rings (SSSR count). The molecule has 11 heteroatoms. The number of rotatable bonds is 47. The molecule has 1 aliphatic heterocycles. The SMILES string of the molecule is CCCCCCCCCC/C=C/C(O)C(COC1OC(CO)C(O)C(O)C1O)NC(=O)CCCCCCCCC/C=C\CCCCCCCCOC(=O)CCCCCCCCCCCCC. The van der Waals surface area contributed by atoms with Crippen molar-refractivity contribution in [2.75, 3.05) is 19.8 Å². The standard InChI is InChI=1S/C55H103NO10/c1-3-5-7-9-11-13-22-27-31-35-39-43-51(60)64-44-40-36-32-28-24-21-19-17-15-16-18-20-23-26-30-34-38-42-50(59)56-47(46-65-55-54(63)53(62)52(61)49(45-57)66-55)48(58)41-37-33-29-25-14-12-10-8-6-4-2/h15,17,37,41,47-49,52-55,57-58,61-63H,3-14,16,18-36,38-40,42-46H2,1-2H3,(H,56,59)/b17-15-,41-37+. The van der Waals surface area contributed by atoms with Gasteiger partial charge in [-0.3, -0.25) is 9.59 Å². The summed E-state index contributed by atoms with van der Waals surface area (Å²) in [5.41, 5.74) is 0. The molecule has 0 aromatic rings. The molecule has 1 heterocycles. The molecule has 0 saturated carbocycles. The molecule has 0 radical (unpaired) electrons. The molecule has 0 spiro atoms. The summed E-state index contributed by atoms with van der Waals surface area (Å²) in [5, 5.41) is 54.2. The van der Waals surface area contributed by atoms with Gasteiger partial charge in [-0.25, -0.2) is 0 Å². The number of nitrogens with one attached hydrogen (secondary N) is 1. The minimum absolute atomic E-state index is 0.0193. The Labute approximate surface area is 403 Å². The van der Waals surface area contributed by atoms with Crippen molar-refractivity contribution in [2.45, 2.75) is 294 Å². The monoisotopic (exact) mass is 938 g/mol. The molecular weight excluding hydrogens is 835 g/mol. The molecule has 1 saturated heterocycles. The Balaban J connectivity index is 2.11. The van der Waals surface area contributed by atoms with E-state index in [4.69, 9.17) is 14.2 Å². The van der Waals surface area contributed by atoms with Gasteiger partial charge < -0.3 is 45.1 Å². The Morgan fingerprint density at radius 2 is 0.970 bits per heavy atom. The summed E-state index contributed by atoms with van der Waals surface area (Å²) < 4.78 is 16.6. The Kier molecular flexibility index (Phi) is 42.9. The molecule has 7 atom stereocenters. The molecule has 0 bridgehead atoms. The maximum absolute atomic E-state index is 13.0. The fourth-order valence-corrected chi connectivity index (χ4v) is 8.60. The molecular formula is C55H103NO10. The first-order chi connectivity index (χ1) is 32.2. The topological polar surface area (TPSA) is 175 Å². The van der Waals surface area contributed by atoms with Crippen LogP contribution < -0.4 is 5.32 Å². The van der Waals surface area contributed by atoms with Gasteiger partial charge in [0.2, 0.25) is 5.91 Å². The number of allylic oxidation sites excluding steroid dienone is 3. The van der Waals surface area contributed by atoms with Gasteiger partial charge in [-0.1, -0.05) is 205 Å². The summed E-state index contributed by atoms with van der Waals surface area (Å²) in [7, 11) is 0. The van der Waals surface area contributed by atoms with E-state index in [1.165, 1.54) is 141 Å². The van der Waals surface area contributed by atoms with E-state index >= 15 is 0 Å². The van der Waals surface area contributed by atoms with Crippen LogP contribution in [0.3, 0.4) is 0 Å². The molecule has 1 amide bonds. The predicted molar refractivity (Wildman–Crippen MR) is 269 cm³/mol. The maximum atomic E-state index is 13.0. The highest BCUT2D eigenvalue weighted by Gasteiger charge is 2.44. The van der Waals surface area contributed by atoms with Crippen LogP contribution in [0.25, 0.3) is 0 Å². The van der Waals surface area contributed by atoms with Gasteiger partial charge in [0.15, 0.2) is 6.29 Å². The highest BCUT2D eigenvalue weighted by Crippen LogP contribution is 2.23. The van der Waals surface area contributed by atoms with Gasteiger partial charge in [0, 0.05) is 12.8 Å². The fraction of sp³-hybridized carbons (Fsp3) is 0.891. The average molecular weight is 938 g/mol. The van der Waals surface area contributed by atoms with Crippen LogP contribution in [0.15, 0.2) is 24.3 Å². The van der Waals surface area contributed by atoms with Crippen LogP contribution >= 0.6 is 0 Å². The number of amides is 1. The second kappa shape index (κ2) is 45.6. The van der Waals surface area contributed by atoms with Crippen molar-refractivity contribution in [3.05, 3.63) is 24.3 Å². The molecule has 1 fully saturated rings. The van der Waals surface area contributed by atoms with E-state index in [1.54, 1.807) is 6.08 Å². The molecule has 7 unspecified atom stereocenters. The van der Waals surface area contributed by atoms with Crippen molar-refractivity contribution < 1.29 is 49.3 Å². The number of ether oxygens (including phenoxy) is 3. The van der Waals surface area contributed by atoms with Gasteiger partial charge in [-0.2, -0.15) is 0 Å². The first kappa shape index (κ1) is 62.2. The Bertz CT molecular complexity index is 1150. The molecule has 66 heavy (non-hydrogen) atoms. The van der Waals surface area contributed by atoms with Crippen LogP contribution in [-0.2, 0) is 23.8 Å². The van der Waals surface area contributed by atoms with E-state index in [-0.39, 0.29) is 18.5 Å². The molecule has 0 aromatic carbocycles. The largest absolute Gasteiger partial charge is 0.466 e. The van der Waals surface area contributed by atoms with Crippen molar-refractivity contribution in [3.8, 4) is 0 Å². The summed E-state index contributed by atoms with van der Waals surface area (Å²) in [6.07, 6.45) is 42.6. The number of aliphatic hydroxyl groups is 5.